The summed E-state index contributed by atoms with van der Waals surface area (Å²) in [5.74, 6) is 1.35. The third-order valence-electron chi connectivity index (χ3n) is 6.03. The van der Waals surface area contributed by atoms with Gasteiger partial charge in [-0.25, -0.2) is 4.79 Å². The molecule has 0 atom stereocenters. The molecular weight excluding hydrogens is 346 g/mol. The summed E-state index contributed by atoms with van der Waals surface area (Å²) in [5.41, 5.74) is 0. The van der Waals surface area contributed by atoms with Gasteiger partial charge in [0.1, 0.15) is 6.10 Å². The van der Waals surface area contributed by atoms with Crippen molar-refractivity contribution in [1.82, 2.24) is 20.0 Å². The fraction of sp³-hybridized carbons (Fsp3) is 0.737. The maximum atomic E-state index is 12.5. The fourth-order valence-corrected chi connectivity index (χ4v) is 4.03. The quantitative estimate of drug-likeness (QED) is 0.794. The summed E-state index contributed by atoms with van der Waals surface area (Å²) in [6, 6.07) is 4.49. The Hall–Kier alpha value is -2.09. The molecule has 1 aromatic rings. The number of rotatable bonds is 4. The van der Waals surface area contributed by atoms with Crippen molar-refractivity contribution in [3.63, 3.8) is 0 Å². The number of methoxy groups -OCH3 is 1. The van der Waals surface area contributed by atoms with Gasteiger partial charge < -0.3 is 19.3 Å². The summed E-state index contributed by atoms with van der Waals surface area (Å²) in [6.45, 7) is 5.16. The molecule has 3 aliphatic rings. The van der Waals surface area contributed by atoms with E-state index in [0.29, 0.717) is 5.88 Å². The Morgan fingerprint density at radius 2 is 1.74 bits per heavy atom. The van der Waals surface area contributed by atoms with Crippen LogP contribution in [0.25, 0.3) is 0 Å². The van der Waals surface area contributed by atoms with Gasteiger partial charge >= 0.3 is 6.09 Å². The van der Waals surface area contributed by atoms with Crippen molar-refractivity contribution in [2.24, 2.45) is 0 Å². The van der Waals surface area contributed by atoms with Crippen LogP contribution in [0.3, 0.4) is 0 Å². The van der Waals surface area contributed by atoms with Crippen molar-refractivity contribution < 1.29 is 14.3 Å². The molecule has 1 aromatic heterocycles. The Morgan fingerprint density at radius 1 is 1.00 bits per heavy atom. The van der Waals surface area contributed by atoms with Crippen LogP contribution in [0.1, 0.15) is 32.1 Å². The number of anilines is 1. The predicted molar refractivity (Wildman–Crippen MR) is 101 cm³/mol. The highest BCUT2D eigenvalue weighted by Crippen LogP contribution is 2.26. The van der Waals surface area contributed by atoms with Crippen molar-refractivity contribution in [2.75, 3.05) is 51.3 Å². The van der Waals surface area contributed by atoms with Crippen molar-refractivity contribution in [3.05, 3.63) is 12.1 Å². The lowest BCUT2D eigenvalue weighted by Crippen LogP contribution is -2.54. The van der Waals surface area contributed by atoms with Crippen LogP contribution in [0.5, 0.6) is 5.88 Å². The minimum absolute atomic E-state index is 0.00961. The summed E-state index contributed by atoms with van der Waals surface area (Å²) in [7, 11) is 1.58. The van der Waals surface area contributed by atoms with Gasteiger partial charge in [0.15, 0.2) is 5.82 Å². The zero-order valence-electron chi connectivity index (χ0n) is 16.0. The molecule has 3 heterocycles. The molecule has 3 fully saturated rings. The highest BCUT2D eigenvalue weighted by atomic mass is 16.6. The highest BCUT2D eigenvalue weighted by molar-refractivity contribution is 5.68. The predicted octanol–water partition coefficient (Wildman–Crippen LogP) is 1.76. The molecule has 0 radical (unpaired) electrons. The summed E-state index contributed by atoms with van der Waals surface area (Å²) in [5, 5.41) is 8.22. The summed E-state index contributed by atoms with van der Waals surface area (Å²) >= 11 is 0. The molecule has 148 valence electrons. The van der Waals surface area contributed by atoms with Crippen LogP contribution in [-0.2, 0) is 4.74 Å². The zero-order chi connectivity index (χ0) is 18.6. The third kappa shape index (κ3) is 4.26. The van der Waals surface area contributed by atoms with E-state index in [-0.39, 0.29) is 12.2 Å². The SMILES string of the molecule is COc1ccc(N2CCC(OC(=O)N3CCN(C4CCC4)CC3)CC2)nn1. The van der Waals surface area contributed by atoms with E-state index in [1.165, 1.54) is 19.3 Å². The van der Waals surface area contributed by atoms with E-state index in [1.807, 2.05) is 17.0 Å². The number of carbonyl (C=O) groups excluding carboxylic acids is 1. The molecule has 4 rings (SSSR count). The summed E-state index contributed by atoms with van der Waals surface area (Å²) in [6.07, 6.45) is 5.48. The molecule has 0 N–H and O–H groups in total. The van der Waals surface area contributed by atoms with Crippen molar-refractivity contribution >= 4 is 11.9 Å². The van der Waals surface area contributed by atoms with E-state index in [1.54, 1.807) is 7.11 Å². The molecule has 0 bridgehead atoms. The van der Waals surface area contributed by atoms with Crippen LogP contribution in [0, 0.1) is 0 Å². The van der Waals surface area contributed by atoms with Gasteiger partial charge in [-0.3, -0.25) is 4.90 Å². The summed E-state index contributed by atoms with van der Waals surface area (Å²) < 4.78 is 10.8. The number of amides is 1. The number of carbonyl (C=O) groups is 1. The van der Waals surface area contributed by atoms with Gasteiger partial charge in [-0.2, -0.15) is 0 Å². The first-order valence-electron chi connectivity index (χ1n) is 10.0. The van der Waals surface area contributed by atoms with E-state index in [2.05, 4.69) is 20.0 Å². The van der Waals surface area contributed by atoms with Crippen LogP contribution >= 0.6 is 0 Å². The Labute approximate surface area is 160 Å². The Kier molecular flexibility index (Phi) is 5.61. The molecule has 1 saturated carbocycles. The molecule has 0 unspecified atom stereocenters. The average molecular weight is 375 g/mol. The first kappa shape index (κ1) is 18.3. The van der Waals surface area contributed by atoms with Crippen LogP contribution < -0.4 is 9.64 Å². The number of aromatic nitrogens is 2. The van der Waals surface area contributed by atoms with E-state index < -0.39 is 0 Å². The molecule has 0 aromatic carbocycles. The van der Waals surface area contributed by atoms with Gasteiger partial charge in [-0.15, -0.1) is 10.2 Å². The van der Waals surface area contributed by atoms with Crippen molar-refractivity contribution in [1.29, 1.82) is 0 Å². The van der Waals surface area contributed by atoms with Crippen LogP contribution in [0.2, 0.25) is 0 Å². The maximum Gasteiger partial charge on any atom is 0.410 e. The van der Waals surface area contributed by atoms with Crippen LogP contribution in [0.4, 0.5) is 10.6 Å². The monoisotopic (exact) mass is 375 g/mol. The molecule has 2 saturated heterocycles. The van der Waals surface area contributed by atoms with Crippen molar-refractivity contribution in [3.8, 4) is 5.88 Å². The second kappa shape index (κ2) is 8.29. The maximum absolute atomic E-state index is 12.5. The first-order chi connectivity index (χ1) is 13.2. The minimum Gasteiger partial charge on any atom is -0.480 e. The molecule has 2 aliphatic heterocycles. The number of nitrogens with zero attached hydrogens (tertiary/aromatic N) is 5. The van der Waals surface area contributed by atoms with Gasteiger partial charge in [0.05, 0.1) is 7.11 Å². The van der Waals surface area contributed by atoms with E-state index in [4.69, 9.17) is 9.47 Å². The number of hydrogen-bond acceptors (Lipinski definition) is 7. The molecule has 0 spiro atoms. The van der Waals surface area contributed by atoms with Crippen molar-refractivity contribution in [2.45, 2.75) is 44.2 Å². The molecule has 1 amide bonds. The molecule has 8 heteroatoms. The molecule has 27 heavy (non-hydrogen) atoms. The largest absolute Gasteiger partial charge is 0.480 e. The topological polar surface area (TPSA) is 71.0 Å². The second-order valence-electron chi connectivity index (χ2n) is 7.61. The number of piperazine rings is 1. The highest BCUT2D eigenvalue weighted by Gasteiger charge is 2.31. The third-order valence-corrected chi connectivity index (χ3v) is 6.03. The lowest BCUT2D eigenvalue weighted by Gasteiger charge is -2.43. The van der Waals surface area contributed by atoms with Gasteiger partial charge in [0.2, 0.25) is 5.88 Å². The zero-order valence-corrected chi connectivity index (χ0v) is 16.0. The Balaban J connectivity index is 1.20. The smallest absolute Gasteiger partial charge is 0.410 e. The number of hydrogen-bond donors (Lipinski definition) is 0. The second-order valence-corrected chi connectivity index (χ2v) is 7.61. The van der Waals surface area contributed by atoms with E-state index >= 15 is 0 Å². The molecular formula is C19H29N5O3. The number of piperidine rings is 1. The fourth-order valence-electron chi connectivity index (χ4n) is 4.03. The first-order valence-corrected chi connectivity index (χ1v) is 10.0. The number of ether oxygens (including phenoxy) is 2. The van der Waals surface area contributed by atoms with Gasteiger partial charge in [-0.05, 0) is 18.9 Å². The standard InChI is InChI=1S/C19H29N5O3/c1-26-18-6-5-17(20-21-18)23-9-7-16(8-10-23)27-19(25)24-13-11-22(12-14-24)15-3-2-4-15/h5-6,15-16H,2-4,7-14H2,1H3. The minimum atomic E-state index is -0.147. The van der Waals surface area contributed by atoms with Crippen LogP contribution in [0.15, 0.2) is 12.1 Å². The van der Waals surface area contributed by atoms with Crippen LogP contribution in [-0.4, -0.2) is 84.6 Å². The Bertz CT molecular complexity index is 621. The Morgan fingerprint density at radius 3 is 2.30 bits per heavy atom. The van der Waals surface area contributed by atoms with Gasteiger partial charge in [-0.1, -0.05) is 6.42 Å². The lowest BCUT2D eigenvalue weighted by atomic mass is 9.91. The van der Waals surface area contributed by atoms with Gasteiger partial charge in [0.25, 0.3) is 0 Å². The van der Waals surface area contributed by atoms with Gasteiger partial charge in [0, 0.05) is 64.2 Å². The summed E-state index contributed by atoms with van der Waals surface area (Å²) in [4.78, 5) is 19.1. The molecule has 8 nitrogen and oxygen atoms in total. The molecule has 1 aliphatic carbocycles. The van der Waals surface area contributed by atoms with E-state index in [0.717, 1.165) is 64.0 Å². The average Bonchev–Trinajstić information content (AvgIpc) is 2.68. The lowest BCUT2D eigenvalue weighted by molar-refractivity contribution is 0.0230. The van der Waals surface area contributed by atoms with E-state index in [9.17, 15) is 4.79 Å². The normalized spacial score (nSPS) is 22.4.